The summed E-state index contributed by atoms with van der Waals surface area (Å²) in [5.74, 6) is -0.801. The predicted molar refractivity (Wildman–Crippen MR) is 114 cm³/mol. The molecule has 0 atom stereocenters. The van der Waals surface area contributed by atoms with Crippen molar-refractivity contribution in [1.82, 2.24) is 4.90 Å². The van der Waals surface area contributed by atoms with Crippen LogP contribution in [0.25, 0.3) is 0 Å². The van der Waals surface area contributed by atoms with Crippen LogP contribution in [0.3, 0.4) is 0 Å². The first kappa shape index (κ1) is 21.8. The topological polar surface area (TPSA) is 117 Å². The largest absolute Gasteiger partial charge is 0.497 e. The van der Waals surface area contributed by atoms with Crippen LogP contribution >= 0.6 is 0 Å². The van der Waals surface area contributed by atoms with Crippen molar-refractivity contribution in [2.75, 3.05) is 44.5 Å². The van der Waals surface area contributed by atoms with E-state index in [9.17, 15) is 14.4 Å². The van der Waals surface area contributed by atoms with Crippen molar-refractivity contribution >= 4 is 29.2 Å². The molecule has 1 aliphatic rings. The Balaban J connectivity index is 1.81. The monoisotopic (exact) mass is 425 g/mol. The first-order chi connectivity index (χ1) is 15.0. The summed E-state index contributed by atoms with van der Waals surface area (Å²) in [6, 6.07) is 13.5. The molecule has 31 heavy (non-hydrogen) atoms. The fourth-order valence-corrected chi connectivity index (χ4v) is 3.14. The highest BCUT2D eigenvalue weighted by atomic mass is 16.5. The number of hydrogen-bond donors (Lipinski definition) is 3. The van der Waals surface area contributed by atoms with Crippen LogP contribution in [0.1, 0.15) is 10.4 Å². The third kappa shape index (κ3) is 5.01. The average Bonchev–Trinajstić information content (AvgIpc) is 3.09. The summed E-state index contributed by atoms with van der Waals surface area (Å²) in [5, 5.41) is 14.9. The molecule has 0 unspecified atom stereocenters. The summed E-state index contributed by atoms with van der Waals surface area (Å²) in [6.07, 6.45) is 0. The van der Waals surface area contributed by atoms with Gasteiger partial charge in [0.05, 0.1) is 32.9 Å². The fourth-order valence-electron chi connectivity index (χ4n) is 3.14. The van der Waals surface area contributed by atoms with Crippen molar-refractivity contribution in [2.45, 2.75) is 0 Å². The molecule has 9 heteroatoms. The number of nitrogens with zero attached hydrogens (tertiary/aromatic N) is 1. The van der Waals surface area contributed by atoms with E-state index in [0.29, 0.717) is 22.7 Å². The minimum atomic E-state index is -0.636. The second-order valence-corrected chi connectivity index (χ2v) is 6.69. The van der Waals surface area contributed by atoms with Crippen LogP contribution in [-0.4, -0.2) is 61.7 Å². The zero-order valence-electron chi connectivity index (χ0n) is 17.2. The Kier molecular flexibility index (Phi) is 6.88. The molecule has 2 amide bonds. The van der Waals surface area contributed by atoms with Gasteiger partial charge in [0.25, 0.3) is 11.8 Å². The lowest BCUT2D eigenvalue weighted by Crippen LogP contribution is -2.31. The van der Waals surface area contributed by atoms with Gasteiger partial charge in [-0.2, -0.15) is 0 Å². The molecule has 0 aromatic heterocycles. The lowest BCUT2D eigenvalue weighted by atomic mass is 10.1. The smallest absolute Gasteiger partial charge is 0.337 e. The molecule has 3 N–H and O–H groups in total. The van der Waals surface area contributed by atoms with E-state index in [-0.39, 0.29) is 36.9 Å². The second-order valence-electron chi connectivity index (χ2n) is 6.69. The van der Waals surface area contributed by atoms with Gasteiger partial charge in [-0.3, -0.25) is 9.59 Å². The van der Waals surface area contributed by atoms with Gasteiger partial charge in [-0.25, -0.2) is 4.79 Å². The predicted octanol–water partition coefficient (Wildman–Crippen LogP) is 1.62. The number of nitrogens with one attached hydrogen (secondary N) is 2. The van der Waals surface area contributed by atoms with Gasteiger partial charge in [-0.1, -0.05) is 12.1 Å². The normalized spacial score (nSPS) is 13.3. The number of rotatable bonds is 8. The highest BCUT2D eigenvalue weighted by Gasteiger charge is 2.34. The molecule has 1 heterocycles. The van der Waals surface area contributed by atoms with E-state index in [1.165, 1.54) is 12.0 Å². The molecule has 0 saturated carbocycles. The van der Waals surface area contributed by atoms with Gasteiger partial charge < -0.3 is 30.1 Å². The first-order valence-corrected chi connectivity index (χ1v) is 9.51. The van der Waals surface area contributed by atoms with E-state index < -0.39 is 11.9 Å². The molecule has 0 aliphatic carbocycles. The number of carbonyl (C=O) groups excluding carboxylic acids is 3. The van der Waals surface area contributed by atoms with Crippen molar-refractivity contribution in [3.8, 4) is 5.75 Å². The Labute approximate surface area is 179 Å². The number of amides is 2. The van der Waals surface area contributed by atoms with Gasteiger partial charge in [0.15, 0.2) is 0 Å². The summed E-state index contributed by atoms with van der Waals surface area (Å²) in [4.78, 5) is 38.7. The van der Waals surface area contributed by atoms with E-state index in [0.717, 1.165) is 0 Å². The molecule has 0 fully saturated rings. The van der Waals surface area contributed by atoms with Crippen LogP contribution in [0.5, 0.6) is 5.75 Å². The number of methoxy groups -OCH3 is 2. The Hall–Kier alpha value is -3.85. The quantitative estimate of drug-likeness (QED) is 0.550. The van der Waals surface area contributed by atoms with Gasteiger partial charge in [0.1, 0.15) is 11.4 Å². The van der Waals surface area contributed by atoms with Crippen molar-refractivity contribution in [1.29, 1.82) is 0 Å². The maximum Gasteiger partial charge on any atom is 0.337 e. The van der Waals surface area contributed by atoms with Crippen molar-refractivity contribution < 1.29 is 29.0 Å². The number of ether oxygens (including phenoxy) is 2. The SMILES string of the molecule is COC(=O)C1=C(Nc2cccc(C(=O)Nc3cccc(OC)c3)c2)C(=O)N(CCO)C1. The number of hydrogen-bond acceptors (Lipinski definition) is 7. The number of benzene rings is 2. The minimum absolute atomic E-state index is 0.0322. The molecule has 162 valence electrons. The number of aliphatic hydroxyl groups excluding tert-OH is 1. The van der Waals surface area contributed by atoms with Gasteiger partial charge in [0.2, 0.25) is 0 Å². The van der Waals surface area contributed by atoms with Crippen molar-refractivity contribution in [3.05, 3.63) is 65.4 Å². The summed E-state index contributed by atoms with van der Waals surface area (Å²) >= 11 is 0. The Morgan fingerprint density at radius 2 is 1.84 bits per heavy atom. The van der Waals surface area contributed by atoms with E-state index in [1.54, 1.807) is 55.6 Å². The molecule has 0 saturated heterocycles. The number of aliphatic hydroxyl groups is 1. The van der Waals surface area contributed by atoms with Gasteiger partial charge in [0, 0.05) is 29.5 Å². The van der Waals surface area contributed by atoms with E-state index in [4.69, 9.17) is 14.6 Å². The first-order valence-electron chi connectivity index (χ1n) is 9.51. The Morgan fingerprint density at radius 3 is 2.55 bits per heavy atom. The zero-order chi connectivity index (χ0) is 22.4. The van der Waals surface area contributed by atoms with Gasteiger partial charge >= 0.3 is 5.97 Å². The molecule has 0 bridgehead atoms. The standard InChI is InChI=1S/C22H23N3O6/c1-30-17-8-4-7-16(12-17)24-20(27)14-5-3-6-15(11-14)23-19-18(22(29)31-2)13-25(9-10-26)21(19)28/h3-8,11-12,23,26H,9-10,13H2,1-2H3,(H,24,27). The number of carbonyl (C=O) groups is 3. The van der Waals surface area contributed by atoms with Gasteiger partial charge in [-0.05, 0) is 30.3 Å². The van der Waals surface area contributed by atoms with E-state index in [2.05, 4.69) is 10.6 Å². The Morgan fingerprint density at radius 1 is 1.10 bits per heavy atom. The van der Waals surface area contributed by atoms with E-state index in [1.807, 2.05) is 0 Å². The van der Waals surface area contributed by atoms with Gasteiger partial charge in [-0.15, -0.1) is 0 Å². The van der Waals surface area contributed by atoms with Crippen molar-refractivity contribution in [2.24, 2.45) is 0 Å². The molecule has 2 aromatic rings. The zero-order valence-corrected chi connectivity index (χ0v) is 17.2. The average molecular weight is 425 g/mol. The highest BCUT2D eigenvalue weighted by molar-refractivity contribution is 6.09. The van der Waals surface area contributed by atoms with Crippen LogP contribution < -0.4 is 15.4 Å². The molecule has 0 radical (unpaired) electrons. The number of esters is 1. The highest BCUT2D eigenvalue weighted by Crippen LogP contribution is 2.24. The summed E-state index contributed by atoms with van der Waals surface area (Å²) in [6.45, 7) is -0.106. The van der Waals surface area contributed by atoms with E-state index >= 15 is 0 Å². The second kappa shape index (κ2) is 9.77. The molecule has 2 aromatic carbocycles. The van der Waals surface area contributed by atoms with Crippen LogP contribution in [0, 0.1) is 0 Å². The maximum absolute atomic E-state index is 12.7. The minimum Gasteiger partial charge on any atom is -0.497 e. The van der Waals surface area contributed by atoms with Crippen LogP contribution in [-0.2, 0) is 14.3 Å². The lowest BCUT2D eigenvalue weighted by molar-refractivity contribution is -0.136. The lowest BCUT2D eigenvalue weighted by Gasteiger charge is -2.15. The fraction of sp³-hybridized carbons (Fsp3) is 0.227. The molecule has 9 nitrogen and oxygen atoms in total. The van der Waals surface area contributed by atoms with Crippen LogP contribution in [0.15, 0.2) is 59.8 Å². The maximum atomic E-state index is 12.7. The summed E-state index contributed by atoms with van der Waals surface area (Å²) in [7, 11) is 2.77. The molecular weight excluding hydrogens is 402 g/mol. The number of β-amino-alcohol motifs (C(OH)–C–C–N with tert-alkyl or cyclic N) is 1. The molecular formula is C22H23N3O6. The third-order valence-corrected chi connectivity index (χ3v) is 4.68. The third-order valence-electron chi connectivity index (χ3n) is 4.68. The van der Waals surface area contributed by atoms with Crippen LogP contribution in [0.2, 0.25) is 0 Å². The molecule has 1 aliphatic heterocycles. The number of anilines is 2. The molecule has 3 rings (SSSR count). The van der Waals surface area contributed by atoms with Crippen LogP contribution in [0.4, 0.5) is 11.4 Å². The summed E-state index contributed by atoms with van der Waals surface area (Å²) < 4.78 is 9.93. The van der Waals surface area contributed by atoms with Crippen molar-refractivity contribution in [3.63, 3.8) is 0 Å². The summed E-state index contributed by atoms with van der Waals surface area (Å²) in [5.41, 5.74) is 1.60. The Bertz CT molecular complexity index is 1030. The molecule has 0 spiro atoms.